The molecular formula is C20H25Cl2NO5S. The van der Waals surface area contributed by atoms with Gasteiger partial charge in [0, 0.05) is 18.0 Å². The number of halogens is 2. The van der Waals surface area contributed by atoms with E-state index in [1.54, 1.807) is 42.5 Å². The zero-order valence-electron chi connectivity index (χ0n) is 15.8. The van der Waals surface area contributed by atoms with E-state index in [1.807, 2.05) is 6.07 Å². The minimum absolute atomic E-state index is 0. The summed E-state index contributed by atoms with van der Waals surface area (Å²) in [5.41, 5.74) is 1.71. The fraction of sp³-hybridized carbons (Fsp3) is 0.350. The molecule has 0 bridgehead atoms. The predicted molar refractivity (Wildman–Crippen MR) is 116 cm³/mol. The standard InChI is InChI=1S/C20H24ClNO5S.ClH/c21-17-4-1-3-16(13-17)19(23)14-22-11-10-15-6-8-18(9-7-15)28(26,27)12-2-5-20(24)25;/h1,3-4,6-9,13,19,22-23H,2,5,10-12,14H2,(H,24,25);1H/t19-;/m0./s1. The molecule has 2 aromatic carbocycles. The summed E-state index contributed by atoms with van der Waals surface area (Å²) in [7, 11) is -3.47. The highest BCUT2D eigenvalue weighted by atomic mass is 35.5. The Bertz CT molecular complexity index is 888. The number of aliphatic carboxylic acids is 1. The van der Waals surface area contributed by atoms with Crippen LogP contribution in [0.1, 0.15) is 30.1 Å². The summed E-state index contributed by atoms with van der Waals surface area (Å²) >= 11 is 5.92. The Labute approximate surface area is 182 Å². The van der Waals surface area contributed by atoms with Gasteiger partial charge in [-0.2, -0.15) is 0 Å². The molecule has 0 aliphatic carbocycles. The van der Waals surface area contributed by atoms with Gasteiger partial charge in [0.1, 0.15) is 0 Å². The maximum absolute atomic E-state index is 12.2. The van der Waals surface area contributed by atoms with Crippen molar-refractivity contribution in [1.82, 2.24) is 5.32 Å². The van der Waals surface area contributed by atoms with E-state index in [4.69, 9.17) is 16.7 Å². The van der Waals surface area contributed by atoms with Crippen LogP contribution in [-0.2, 0) is 21.1 Å². The zero-order valence-corrected chi connectivity index (χ0v) is 18.1. The van der Waals surface area contributed by atoms with Gasteiger partial charge in [-0.05, 0) is 54.8 Å². The predicted octanol–water partition coefficient (Wildman–Crippen LogP) is 3.27. The van der Waals surface area contributed by atoms with Crippen LogP contribution in [0.5, 0.6) is 0 Å². The SMILES string of the molecule is Cl.O=C(O)CCCS(=O)(=O)c1ccc(CCNC[C@H](O)c2cccc(Cl)c2)cc1. The van der Waals surface area contributed by atoms with Gasteiger partial charge in [-0.3, -0.25) is 4.79 Å². The maximum atomic E-state index is 12.2. The highest BCUT2D eigenvalue weighted by molar-refractivity contribution is 7.91. The van der Waals surface area contributed by atoms with E-state index in [0.29, 0.717) is 24.5 Å². The number of carboxylic acids is 1. The molecule has 1 atom stereocenters. The highest BCUT2D eigenvalue weighted by Gasteiger charge is 2.15. The Hall–Kier alpha value is -1.64. The first-order chi connectivity index (χ1) is 13.3. The summed E-state index contributed by atoms with van der Waals surface area (Å²) in [6.07, 6.45) is -0.0405. The molecular weight excluding hydrogens is 437 g/mol. The van der Waals surface area contributed by atoms with Gasteiger partial charge < -0.3 is 15.5 Å². The van der Waals surface area contributed by atoms with E-state index >= 15 is 0 Å². The van der Waals surface area contributed by atoms with Gasteiger partial charge in [0.25, 0.3) is 0 Å². The van der Waals surface area contributed by atoms with Gasteiger partial charge >= 0.3 is 5.97 Å². The highest BCUT2D eigenvalue weighted by Crippen LogP contribution is 2.17. The summed E-state index contributed by atoms with van der Waals surface area (Å²) in [5.74, 6) is -1.18. The molecule has 0 aliphatic heterocycles. The van der Waals surface area contributed by atoms with Crippen molar-refractivity contribution in [2.75, 3.05) is 18.8 Å². The number of sulfone groups is 1. The van der Waals surface area contributed by atoms with E-state index in [9.17, 15) is 18.3 Å². The van der Waals surface area contributed by atoms with Crippen LogP contribution in [0.25, 0.3) is 0 Å². The quantitative estimate of drug-likeness (QED) is 0.443. The lowest BCUT2D eigenvalue weighted by Gasteiger charge is -2.12. The van der Waals surface area contributed by atoms with Crippen LogP contribution >= 0.6 is 24.0 Å². The Morgan fingerprint density at radius 1 is 1.14 bits per heavy atom. The van der Waals surface area contributed by atoms with Crippen molar-refractivity contribution < 1.29 is 23.4 Å². The Morgan fingerprint density at radius 2 is 1.83 bits per heavy atom. The third kappa shape index (κ3) is 8.72. The summed E-state index contributed by atoms with van der Waals surface area (Å²) in [4.78, 5) is 10.7. The second kappa shape index (κ2) is 12.1. The van der Waals surface area contributed by atoms with Gasteiger partial charge in [-0.15, -0.1) is 12.4 Å². The first-order valence-corrected chi connectivity index (χ1v) is 11.0. The Kier molecular flexibility index (Phi) is 10.6. The van der Waals surface area contributed by atoms with Crippen LogP contribution in [0.2, 0.25) is 5.02 Å². The number of nitrogens with one attached hydrogen (secondary N) is 1. The second-order valence-electron chi connectivity index (χ2n) is 6.49. The van der Waals surface area contributed by atoms with Crippen molar-refractivity contribution in [3.63, 3.8) is 0 Å². The van der Waals surface area contributed by atoms with E-state index in [-0.39, 0.29) is 35.9 Å². The van der Waals surface area contributed by atoms with Crippen molar-refractivity contribution in [1.29, 1.82) is 0 Å². The first-order valence-electron chi connectivity index (χ1n) is 8.95. The number of carboxylic acid groups (broad SMARTS) is 1. The van der Waals surface area contributed by atoms with Gasteiger partial charge in [-0.1, -0.05) is 35.9 Å². The van der Waals surface area contributed by atoms with Crippen LogP contribution in [0.4, 0.5) is 0 Å². The molecule has 6 nitrogen and oxygen atoms in total. The first kappa shape index (κ1) is 25.4. The van der Waals surface area contributed by atoms with Crippen LogP contribution in [0, 0.1) is 0 Å². The van der Waals surface area contributed by atoms with Crippen molar-refractivity contribution in [2.45, 2.75) is 30.3 Å². The normalized spacial score (nSPS) is 12.2. The molecule has 0 saturated carbocycles. The van der Waals surface area contributed by atoms with Crippen molar-refractivity contribution in [2.24, 2.45) is 0 Å². The molecule has 2 aromatic rings. The van der Waals surface area contributed by atoms with E-state index in [2.05, 4.69) is 5.32 Å². The lowest BCUT2D eigenvalue weighted by Crippen LogP contribution is -2.23. The van der Waals surface area contributed by atoms with Gasteiger partial charge in [-0.25, -0.2) is 8.42 Å². The van der Waals surface area contributed by atoms with E-state index in [1.165, 1.54) is 0 Å². The lowest BCUT2D eigenvalue weighted by atomic mass is 10.1. The molecule has 0 heterocycles. The smallest absolute Gasteiger partial charge is 0.303 e. The maximum Gasteiger partial charge on any atom is 0.303 e. The van der Waals surface area contributed by atoms with Crippen LogP contribution in [-0.4, -0.2) is 43.4 Å². The van der Waals surface area contributed by atoms with Crippen molar-refractivity contribution >= 4 is 39.8 Å². The van der Waals surface area contributed by atoms with E-state index in [0.717, 1.165) is 11.1 Å². The largest absolute Gasteiger partial charge is 0.481 e. The minimum Gasteiger partial charge on any atom is -0.481 e. The zero-order chi connectivity index (χ0) is 20.6. The molecule has 2 rings (SSSR count). The second-order valence-corrected chi connectivity index (χ2v) is 9.03. The summed E-state index contributed by atoms with van der Waals surface area (Å²) < 4.78 is 24.4. The molecule has 29 heavy (non-hydrogen) atoms. The number of aliphatic hydroxyl groups is 1. The third-order valence-electron chi connectivity index (χ3n) is 4.25. The summed E-state index contributed by atoms with van der Waals surface area (Å²) in [6.45, 7) is 1.01. The fourth-order valence-corrected chi connectivity index (χ4v) is 4.21. The molecule has 160 valence electrons. The lowest BCUT2D eigenvalue weighted by molar-refractivity contribution is -0.137. The molecule has 0 spiro atoms. The molecule has 0 radical (unpaired) electrons. The molecule has 0 unspecified atom stereocenters. The topological polar surface area (TPSA) is 104 Å². The minimum atomic E-state index is -3.47. The van der Waals surface area contributed by atoms with Crippen LogP contribution in [0.3, 0.4) is 0 Å². The number of hydrogen-bond acceptors (Lipinski definition) is 5. The van der Waals surface area contributed by atoms with Crippen LogP contribution in [0.15, 0.2) is 53.4 Å². The summed E-state index contributed by atoms with van der Waals surface area (Å²) in [5, 5.41) is 22.5. The number of hydrogen-bond donors (Lipinski definition) is 3. The molecule has 0 aromatic heterocycles. The fourth-order valence-electron chi connectivity index (χ4n) is 2.70. The number of aliphatic hydroxyl groups excluding tert-OH is 1. The Balaban J connectivity index is 0.00000420. The van der Waals surface area contributed by atoms with Gasteiger partial charge in [0.2, 0.25) is 0 Å². The van der Waals surface area contributed by atoms with E-state index < -0.39 is 21.9 Å². The van der Waals surface area contributed by atoms with Crippen molar-refractivity contribution in [3.05, 3.63) is 64.7 Å². The summed E-state index contributed by atoms with van der Waals surface area (Å²) in [6, 6.07) is 13.7. The number of rotatable bonds is 11. The van der Waals surface area contributed by atoms with Gasteiger partial charge in [0.15, 0.2) is 9.84 Å². The van der Waals surface area contributed by atoms with Crippen molar-refractivity contribution in [3.8, 4) is 0 Å². The number of carbonyl (C=O) groups is 1. The average molecular weight is 462 g/mol. The number of benzene rings is 2. The molecule has 0 saturated heterocycles. The Morgan fingerprint density at radius 3 is 2.45 bits per heavy atom. The average Bonchev–Trinajstić information content (AvgIpc) is 2.65. The molecule has 0 amide bonds. The molecule has 0 aliphatic rings. The molecule has 3 N–H and O–H groups in total. The monoisotopic (exact) mass is 461 g/mol. The van der Waals surface area contributed by atoms with Gasteiger partial charge in [0.05, 0.1) is 16.8 Å². The molecule has 0 fully saturated rings. The molecule has 9 heteroatoms. The van der Waals surface area contributed by atoms with Crippen LogP contribution < -0.4 is 5.32 Å². The third-order valence-corrected chi connectivity index (χ3v) is 6.30.